The second kappa shape index (κ2) is 3.83. The van der Waals surface area contributed by atoms with Gasteiger partial charge in [-0.05, 0) is 36.2 Å². The van der Waals surface area contributed by atoms with E-state index < -0.39 is 17.6 Å². The molecule has 0 aromatic carbocycles. The Morgan fingerprint density at radius 3 is 2.58 bits per heavy atom. The highest BCUT2D eigenvalue weighted by Crippen LogP contribution is 2.64. The molecule has 1 aliphatic heterocycles. The topological polar surface area (TPSA) is 66.8 Å². The average molecular weight is 266 g/mol. The molecule has 19 heavy (non-hydrogen) atoms. The Labute approximate surface area is 113 Å². The van der Waals surface area contributed by atoms with Gasteiger partial charge in [0.15, 0.2) is 0 Å². The predicted molar refractivity (Wildman–Crippen MR) is 69.2 cm³/mol. The van der Waals surface area contributed by atoms with Gasteiger partial charge in [0.2, 0.25) is 0 Å². The van der Waals surface area contributed by atoms with Crippen LogP contribution in [0, 0.1) is 22.7 Å². The van der Waals surface area contributed by atoms with Gasteiger partial charge >= 0.3 is 5.97 Å². The highest BCUT2D eigenvalue weighted by molar-refractivity contribution is 5.85. The fourth-order valence-corrected chi connectivity index (χ4v) is 4.65. The van der Waals surface area contributed by atoms with Crippen LogP contribution in [-0.2, 0) is 9.53 Å². The van der Waals surface area contributed by atoms with Crippen molar-refractivity contribution in [3.63, 3.8) is 0 Å². The number of fused-ring (bicyclic) bond motifs is 1. The molecule has 0 aromatic heterocycles. The van der Waals surface area contributed by atoms with Crippen LogP contribution in [0.1, 0.15) is 33.1 Å². The lowest BCUT2D eigenvalue weighted by Gasteiger charge is -2.45. The summed E-state index contributed by atoms with van der Waals surface area (Å²) in [5, 5.41) is 21.1. The van der Waals surface area contributed by atoms with Crippen LogP contribution in [0.5, 0.6) is 0 Å². The van der Waals surface area contributed by atoms with Gasteiger partial charge in [-0.3, -0.25) is 4.79 Å². The lowest BCUT2D eigenvalue weighted by molar-refractivity contribution is -0.151. The molecule has 0 aromatic rings. The minimum atomic E-state index is -0.987. The molecule has 1 saturated heterocycles. The van der Waals surface area contributed by atoms with Crippen LogP contribution >= 0.6 is 0 Å². The average Bonchev–Trinajstić information content (AvgIpc) is 2.77. The molecule has 1 spiro atoms. The molecule has 4 heteroatoms. The van der Waals surface area contributed by atoms with Crippen LogP contribution in [0.15, 0.2) is 12.2 Å². The Hall–Kier alpha value is -0.870. The zero-order valence-corrected chi connectivity index (χ0v) is 11.6. The number of esters is 1. The quantitative estimate of drug-likeness (QED) is 0.512. The van der Waals surface area contributed by atoms with Gasteiger partial charge in [0.05, 0.1) is 12.2 Å². The first-order chi connectivity index (χ1) is 8.84. The summed E-state index contributed by atoms with van der Waals surface area (Å²) in [6.45, 7) is 8.37. The number of carbonyl (C=O) groups is 1. The lowest BCUT2D eigenvalue weighted by Crippen LogP contribution is -2.47. The molecule has 1 heterocycles. The summed E-state index contributed by atoms with van der Waals surface area (Å²) in [5.41, 5.74) is -0.553. The van der Waals surface area contributed by atoms with Crippen molar-refractivity contribution >= 4 is 5.97 Å². The van der Waals surface area contributed by atoms with Gasteiger partial charge in [0.25, 0.3) is 0 Å². The molecule has 2 N–H and O–H groups in total. The minimum absolute atomic E-state index is 0.198. The first-order valence-electron chi connectivity index (χ1n) is 7.05. The van der Waals surface area contributed by atoms with E-state index in [2.05, 4.69) is 20.4 Å². The third kappa shape index (κ3) is 1.39. The zero-order valence-electron chi connectivity index (χ0n) is 11.6. The van der Waals surface area contributed by atoms with E-state index in [1.165, 1.54) is 0 Å². The maximum Gasteiger partial charge on any atom is 0.319 e. The van der Waals surface area contributed by atoms with Crippen molar-refractivity contribution in [1.29, 1.82) is 0 Å². The van der Waals surface area contributed by atoms with Crippen molar-refractivity contribution in [2.45, 2.75) is 45.3 Å². The van der Waals surface area contributed by atoms with Gasteiger partial charge in [0.1, 0.15) is 12.0 Å². The van der Waals surface area contributed by atoms with Crippen LogP contribution in [0.3, 0.4) is 0 Å². The van der Waals surface area contributed by atoms with E-state index in [1.54, 1.807) is 0 Å². The molecular weight excluding hydrogens is 244 g/mol. The first-order valence-corrected chi connectivity index (χ1v) is 7.05. The Kier molecular flexibility index (Phi) is 2.64. The summed E-state index contributed by atoms with van der Waals surface area (Å²) >= 11 is 0. The molecule has 2 aliphatic carbocycles. The van der Waals surface area contributed by atoms with Gasteiger partial charge in [0, 0.05) is 5.92 Å². The molecule has 0 radical (unpaired) electrons. The molecular formula is C15H22O4. The van der Waals surface area contributed by atoms with Crippen LogP contribution in [0.2, 0.25) is 0 Å². The van der Waals surface area contributed by atoms with Gasteiger partial charge in [-0.1, -0.05) is 20.4 Å². The van der Waals surface area contributed by atoms with E-state index in [0.717, 1.165) is 6.42 Å². The molecule has 106 valence electrons. The molecule has 4 nitrogen and oxygen atoms in total. The number of ether oxygens (including phenoxy) is 1. The van der Waals surface area contributed by atoms with Gasteiger partial charge in [-0.15, -0.1) is 0 Å². The van der Waals surface area contributed by atoms with Gasteiger partial charge < -0.3 is 14.9 Å². The molecule has 0 unspecified atom stereocenters. The highest BCUT2D eigenvalue weighted by atomic mass is 16.5. The molecule has 0 amide bonds. The van der Waals surface area contributed by atoms with Crippen LogP contribution < -0.4 is 0 Å². The van der Waals surface area contributed by atoms with E-state index in [0.29, 0.717) is 24.3 Å². The fourth-order valence-electron chi connectivity index (χ4n) is 4.65. The molecule has 2 saturated carbocycles. The summed E-state index contributed by atoms with van der Waals surface area (Å²) in [5.74, 6) is -0.255. The smallest absolute Gasteiger partial charge is 0.319 e. The second-order valence-electron chi connectivity index (χ2n) is 6.85. The Balaban J connectivity index is 2.09. The number of hydrogen-bond acceptors (Lipinski definition) is 4. The zero-order chi connectivity index (χ0) is 14.0. The number of rotatable bonds is 0. The monoisotopic (exact) mass is 266 g/mol. The minimum Gasteiger partial charge on any atom is -0.460 e. The third-order valence-electron chi connectivity index (χ3n) is 6.07. The van der Waals surface area contributed by atoms with Crippen LogP contribution in [0.4, 0.5) is 0 Å². The molecule has 3 fully saturated rings. The molecule has 3 rings (SSSR count). The Morgan fingerprint density at radius 2 is 2.05 bits per heavy atom. The number of hydrogen-bond donors (Lipinski definition) is 2. The standard InChI is InChI=1S/C15H22O4/c1-8-4-5-10(16)11-12(17)15(7-14(8,11)3)9(2)6-19-13(15)18/h8,10-12,16-17H,2,4-7H2,1,3H3/t8-,10-,11+,12+,14+,15+/m0/s1. The number of cyclic esters (lactones) is 1. The van der Waals surface area contributed by atoms with E-state index in [1.807, 2.05) is 0 Å². The normalized spacial score (nSPS) is 53.5. The maximum absolute atomic E-state index is 12.2. The van der Waals surface area contributed by atoms with Crippen molar-refractivity contribution in [3.05, 3.63) is 12.2 Å². The van der Waals surface area contributed by atoms with E-state index in [-0.39, 0.29) is 23.9 Å². The second-order valence-corrected chi connectivity index (χ2v) is 6.85. The fraction of sp³-hybridized carbons (Fsp3) is 0.800. The summed E-state index contributed by atoms with van der Waals surface area (Å²) in [4.78, 5) is 12.2. The highest BCUT2D eigenvalue weighted by Gasteiger charge is 2.69. The Bertz CT molecular complexity index is 427. The summed E-state index contributed by atoms with van der Waals surface area (Å²) in [6.07, 6.45) is 0.741. The van der Waals surface area contributed by atoms with Gasteiger partial charge in [-0.2, -0.15) is 0 Å². The summed E-state index contributed by atoms with van der Waals surface area (Å²) in [6, 6.07) is 0. The molecule has 3 aliphatic rings. The SMILES string of the molecule is C=C1COC(=O)[C@]12C[C@@]1(C)[C@@H]([C@H]2O)[C@@H](O)CC[C@@H]1C. The largest absolute Gasteiger partial charge is 0.460 e. The lowest BCUT2D eigenvalue weighted by atomic mass is 9.62. The number of carbonyl (C=O) groups excluding carboxylic acids is 1. The third-order valence-corrected chi connectivity index (χ3v) is 6.07. The van der Waals surface area contributed by atoms with Crippen molar-refractivity contribution in [2.24, 2.45) is 22.7 Å². The van der Waals surface area contributed by atoms with Crippen molar-refractivity contribution in [2.75, 3.05) is 6.61 Å². The van der Waals surface area contributed by atoms with Crippen LogP contribution in [0.25, 0.3) is 0 Å². The van der Waals surface area contributed by atoms with Crippen LogP contribution in [-0.4, -0.2) is 35.0 Å². The molecule has 6 atom stereocenters. The van der Waals surface area contributed by atoms with Crippen molar-refractivity contribution in [1.82, 2.24) is 0 Å². The molecule has 0 bridgehead atoms. The summed E-state index contributed by atoms with van der Waals surface area (Å²) < 4.78 is 5.11. The van der Waals surface area contributed by atoms with E-state index in [4.69, 9.17) is 4.74 Å². The van der Waals surface area contributed by atoms with E-state index in [9.17, 15) is 15.0 Å². The van der Waals surface area contributed by atoms with Gasteiger partial charge in [-0.25, -0.2) is 0 Å². The van der Waals surface area contributed by atoms with Crippen molar-refractivity contribution in [3.8, 4) is 0 Å². The summed E-state index contributed by atoms with van der Waals surface area (Å²) in [7, 11) is 0. The van der Waals surface area contributed by atoms with Crippen molar-refractivity contribution < 1.29 is 19.7 Å². The number of aliphatic hydroxyl groups excluding tert-OH is 2. The predicted octanol–water partition coefficient (Wildman–Crippen LogP) is 1.26. The van der Waals surface area contributed by atoms with E-state index >= 15 is 0 Å². The Morgan fingerprint density at radius 1 is 1.37 bits per heavy atom. The number of aliphatic hydroxyl groups is 2. The first kappa shape index (κ1) is 13.1. The maximum atomic E-state index is 12.2.